The number of methoxy groups -OCH3 is 1. The monoisotopic (exact) mass is 381 g/mol. The molecule has 0 bridgehead atoms. The van der Waals surface area contributed by atoms with E-state index in [1.807, 2.05) is 6.07 Å². The van der Waals surface area contributed by atoms with Crippen LogP contribution in [-0.2, 0) is 4.74 Å². The van der Waals surface area contributed by atoms with Crippen LogP contribution < -0.4 is 0 Å². The quantitative estimate of drug-likeness (QED) is 0.819. The van der Waals surface area contributed by atoms with Crippen LogP contribution in [-0.4, -0.2) is 52.5 Å². The van der Waals surface area contributed by atoms with Gasteiger partial charge in [-0.15, -0.1) is 0 Å². The first-order valence-corrected chi connectivity index (χ1v) is 7.54. The fraction of sp³-hybridized carbons (Fsp3) is 0.267. The maximum Gasteiger partial charge on any atom is 0.358 e. The molecule has 7 nitrogen and oxygen atoms in total. The highest BCUT2D eigenvalue weighted by molar-refractivity contribution is 9.10. The van der Waals surface area contributed by atoms with Gasteiger partial charge in [0.1, 0.15) is 0 Å². The number of aliphatic hydroxyl groups excluding tert-OH is 1. The van der Waals surface area contributed by atoms with Crippen LogP contribution in [0.5, 0.6) is 0 Å². The van der Waals surface area contributed by atoms with E-state index in [0.29, 0.717) is 5.56 Å². The number of hydrogen-bond acceptors (Lipinski definition) is 5. The molecule has 1 heterocycles. The molecule has 1 N–H and O–H groups in total. The summed E-state index contributed by atoms with van der Waals surface area (Å²) in [6, 6.07) is 8.14. The van der Waals surface area contributed by atoms with Gasteiger partial charge < -0.3 is 14.7 Å². The minimum absolute atomic E-state index is 0.0433. The first kappa shape index (κ1) is 17.2. The molecule has 0 saturated carbocycles. The normalized spacial score (nSPS) is 11.8. The number of hydrogen-bond donors (Lipinski definition) is 1. The van der Waals surface area contributed by atoms with Crippen molar-refractivity contribution < 1.29 is 19.4 Å². The zero-order valence-electron chi connectivity index (χ0n) is 12.6. The molecule has 2 aromatic rings. The zero-order valence-corrected chi connectivity index (χ0v) is 14.2. The minimum Gasteiger partial charge on any atom is -0.464 e. The van der Waals surface area contributed by atoms with E-state index in [2.05, 4.69) is 25.8 Å². The van der Waals surface area contributed by atoms with Crippen molar-refractivity contribution in [1.82, 2.24) is 14.7 Å². The predicted molar refractivity (Wildman–Crippen MR) is 86.1 cm³/mol. The van der Waals surface area contributed by atoms with Gasteiger partial charge in [0.15, 0.2) is 5.69 Å². The van der Waals surface area contributed by atoms with Crippen LogP contribution in [0.15, 0.2) is 41.0 Å². The molecule has 0 fully saturated rings. The summed E-state index contributed by atoms with van der Waals surface area (Å²) in [5, 5.41) is 14.1. The molecule has 0 radical (unpaired) electrons. The van der Waals surface area contributed by atoms with Crippen LogP contribution in [0.2, 0.25) is 0 Å². The molecular formula is C15H16BrN3O4. The average Bonchev–Trinajstić information content (AvgIpc) is 3.03. The second kappa shape index (κ2) is 7.38. The van der Waals surface area contributed by atoms with Gasteiger partial charge in [-0.25, -0.2) is 9.59 Å². The van der Waals surface area contributed by atoms with E-state index in [4.69, 9.17) is 0 Å². The highest BCUT2D eigenvalue weighted by atomic mass is 79.9. The maximum atomic E-state index is 12.3. The highest BCUT2D eigenvalue weighted by Gasteiger charge is 2.19. The fourth-order valence-corrected chi connectivity index (χ4v) is 2.39. The number of rotatable bonds is 4. The zero-order chi connectivity index (χ0) is 17.0. The molecule has 1 amide bonds. The third-order valence-corrected chi connectivity index (χ3v) is 3.68. The van der Waals surface area contributed by atoms with Crippen LogP contribution in [0.1, 0.15) is 22.2 Å². The second-order valence-electron chi connectivity index (χ2n) is 4.87. The standard InChI is InChI=1S/C15H16BrN3O4/c1-18(9-13(20)10-4-3-5-11(16)8-10)15(22)19-7-6-12(17-19)14(21)23-2/h3-8,13,20H,9H2,1-2H3. The summed E-state index contributed by atoms with van der Waals surface area (Å²) in [5.41, 5.74) is 0.733. The number of nitrogens with zero attached hydrogens (tertiary/aromatic N) is 3. The van der Waals surface area contributed by atoms with E-state index in [1.54, 1.807) is 25.2 Å². The summed E-state index contributed by atoms with van der Waals surface area (Å²) in [6.45, 7) is 0.0860. The van der Waals surface area contributed by atoms with Gasteiger partial charge in [0.25, 0.3) is 0 Å². The molecule has 8 heteroatoms. The Balaban J connectivity index is 2.05. The summed E-state index contributed by atoms with van der Waals surface area (Å²) in [7, 11) is 2.78. The molecule has 0 aliphatic carbocycles. The van der Waals surface area contributed by atoms with E-state index in [0.717, 1.165) is 9.15 Å². The van der Waals surface area contributed by atoms with Crippen molar-refractivity contribution >= 4 is 27.9 Å². The Morgan fingerprint density at radius 3 is 2.83 bits per heavy atom. The molecule has 0 saturated heterocycles. The lowest BCUT2D eigenvalue weighted by atomic mass is 10.1. The number of benzene rings is 1. The summed E-state index contributed by atoms with van der Waals surface area (Å²) in [4.78, 5) is 24.9. The van der Waals surface area contributed by atoms with Gasteiger partial charge in [-0.1, -0.05) is 28.1 Å². The van der Waals surface area contributed by atoms with Crippen LogP contribution in [0.3, 0.4) is 0 Å². The first-order valence-electron chi connectivity index (χ1n) is 6.75. The Morgan fingerprint density at radius 1 is 1.43 bits per heavy atom. The third-order valence-electron chi connectivity index (χ3n) is 3.19. The number of aliphatic hydroxyl groups is 1. The Labute approximate surface area is 141 Å². The van der Waals surface area contributed by atoms with E-state index in [-0.39, 0.29) is 12.2 Å². The SMILES string of the molecule is COC(=O)c1ccn(C(=O)N(C)CC(O)c2cccc(Br)c2)n1. The van der Waals surface area contributed by atoms with Crippen molar-refractivity contribution in [1.29, 1.82) is 0 Å². The number of esters is 1. The molecule has 0 aliphatic heterocycles. The van der Waals surface area contributed by atoms with Crippen LogP contribution in [0.4, 0.5) is 4.79 Å². The van der Waals surface area contributed by atoms with Gasteiger partial charge in [0.2, 0.25) is 0 Å². The van der Waals surface area contributed by atoms with Crippen molar-refractivity contribution in [3.63, 3.8) is 0 Å². The molecule has 1 aromatic heterocycles. The molecular weight excluding hydrogens is 366 g/mol. The smallest absolute Gasteiger partial charge is 0.358 e. The number of carbonyl (C=O) groups excluding carboxylic acids is 2. The highest BCUT2D eigenvalue weighted by Crippen LogP contribution is 2.19. The fourth-order valence-electron chi connectivity index (χ4n) is 1.98. The predicted octanol–water partition coefficient (Wildman–Crippen LogP) is 2.07. The molecule has 1 atom stereocenters. The largest absolute Gasteiger partial charge is 0.464 e. The van der Waals surface area contributed by atoms with Crippen molar-refractivity contribution in [2.45, 2.75) is 6.10 Å². The first-order chi connectivity index (χ1) is 10.9. The van der Waals surface area contributed by atoms with Crippen LogP contribution in [0, 0.1) is 0 Å². The Bertz CT molecular complexity index is 716. The van der Waals surface area contributed by atoms with Crippen molar-refractivity contribution in [2.75, 3.05) is 20.7 Å². The Morgan fingerprint density at radius 2 is 2.17 bits per heavy atom. The molecule has 1 unspecified atom stereocenters. The number of amides is 1. The molecule has 1 aromatic carbocycles. The number of likely N-dealkylation sites (N-methyl/N-ethyl adjacent to an activating group) is 1. The topological polar surface area (TPSA) is 84.7 Å². The van der Waals surface area contributed by atoms with Crippen LogP contribution in [0.25, 0.3) is 0 Å². The van der Waals surface area contributed by atoms with Crippen molar-refractivity contribution in [3.05, 3.63) is 52.3 Å². The Kier molecular flexibility index (Phi) is 5.51. The number of ether oxygens (including phenoxy) is 1. The van der Waals surface area contributed by atoms with Gasteiger partial charge in [-0.3, -0.25) is 0 Å². The molecule has 23 heavy (non-hydrogen) atoms. The van der Waals surface area contributed by atoms with Gasteiger partial charge in [-0.2, -0.15) is 9.78 Å². The summed E-state index contributed by atoms with van der Waals surface area (Å²) in [6.07, 6.45) is 0.536. The van der Waals surface area contributed by atoms with E-state index >= 15 is 0 Å². The summed E-state index contributed by atoms with van der Waals surface area (Å²) < 4.78 is 6.41. The second-order valence-corrected chi connectivity index (χ2v) is 5.79. The molecule has 0 spiro atoms. The third kappa shape index (κ3) is 4.17. The van der Waals surface area contributed by atoms with Gasteiger partial charge in [0.05, 0.1) is 19.8 Å². The summed E-state index contributed by atoms with van der Waals surface area (Å²) in [5.74, 6) is -0.617. The lowest BCUT2D eigenvalue weighted by Crippen LogP contribution is -2.35. The molecule has 122 valence electrons. The van der Waals surface area contributed by atoms with Gasteiger partial charge >= 0.3 is 12.0 Å². The van der Waals surface area contributed by atoms with Crippen LogP contribution >= 0.6 is 15.9 Å². The number of halogens is 1. The number of carbonyl (C=O) groups is 2. The summed E-state index contributed by atoms with van der Waals surface area (Å²) >= 11 is 3.34. The van der Waals surface area contributed by atoms with Gasteiger partial charge in [0, 0.05) is 17.7 Å². The maximum absolute atomic E-state index is 12.3. The number of aromatic nitrogens is 2. The van der Waals surface area contributed by atoms with E-state index in [1.165, 1.54) is 24.3 Å². The van der Waals surface area contributed by atoms with E-state index < -0.39 is 18.1 Å². The lowest BCUT2D eigenvalue weighted by Gasteiger charge is -2.20. The van der Waals surface area contributed by atoms with E-state index in [9.17, 15) is 14.7 Å². The van der Waals surface area contributed by atoms with Crippen molar-refractivity contribution in [2.24, 2.45) is 0 Å². The molecule has 2 rings (SSSR count). The minimum atomic E-state index is -0.836. The average molecular weight is 382 g/mol. The molecule has 0 aliphatic rings. The Hall–Kier alpha value is -2.19. The van der Waals surface area contributed by atoms with Crippen molar-refractivity contribution in [3.8, 4) is 0 Å². The lowest BCUT2D eigenvalue weighted by molar-refractivity contribution is 0.0593. The van der Waals surface area contributed by atoms with Gasteiger partial charge in [-0.05, 0) is 23.8 Å².